The van der Waals surface area contributed by atoms with Gasteiger partial charge in [-0.05, 0) is 414 Å². The van der Waals surface area contributed by atoms with Gasteiger partial charge < -0.3 is 28.0 Å². The van der Waals surface area contributed by atoms with E-state index < -0.39 is 0 Å². The predicted molar refractivity (Wildman–Crippen MR) is 591 cm³/mol. The molecule has 12 saturated carbocycles. The molecule has 3 spiro atoms. The van der Waals surface area contributed by atoms with Gasteiger partial charge in [0.2, 0.25) is 0 Å². The van der Waals surface area contributed by atoms with Gasteiger partial charge in [-0.1, -0.05) is 267 Å². The van der Waals surface area contributed by atoms with Gasteiger partial charge in [0.1, 0.15) is 33.5 Å². The first-order valence-electron chi connectivity index (χ1n) is 53.6. The number of para-hydroxylation sites is 7. The van der Waals surface area contributed by atoms with Gasteiger partial charge in [-0.15, -0.1) is 0 Å². The highest BCUT2D eigenvalue weighted by atomic mass is 16.3. The number of rotatable bonds is 12. The third kappa shape index (κ3) is 12.5. The fraction of sp³-hybridized carbons (Fsp3) is 0.217. The van der Waals surface area contributed by atoms with E-state index >= 15 is 0 Å². The second-order valence-electron chi connectivity index (χ2n) is 44.9. The number of benzene rings is 18. The van der Waals surface area contributed by atoms with Crippen molar-refractivity contribution < 1.29 is 13.3 Å². The molecular weight excluding hydrogens is 1750 g/mol. The molecule has 3 heterocycles. The molecule has 0 aliphatic heterocycles. The van der Waals surface area contributed by atoms with Crippen molar-refractivity contribution in [2.75, 3.05) is 14.7 Å². The molecule has 12 bridgehead atoms. The van der Waals surface area contributed by atoms with Crippen LogP contribution in [0.3, 0.4) is 0 Å². The van der Waals surface area contributed by atoms with E-state index in [0.717, 1.165) is 165 Å². The van der Waals surface area contributed by atoms with Gasteiger partial charge in [0.25, 0.3) is 0 Å². The van der Waals surface area contributed by atoms with E-state index in [1.54, 1.807) is 33.4 Å². The minimum atomic E-state index is 0.189. The molecule has 6 nitrogen and oxygen atoms in total. The van der Waals surface area contributed by atoms with Crippen LogP contribution < -0.4 is 14.7 Å². The largest absolute Gasteiger partial charge is 0.456 e. The molecule has 0 unspecified atom stereocenters. The summed E-state index contributed by atoms with van der Waals surface area (Å²) in [6.07, 6.45) is 21.4. The van der Waals surface area contributed by atoms with Crippen molar-refractivity contribution in [2.45, 2.75) is 113 Å². The molecule has 0 saturated heterocycles. The predicted octanol–water partition coefficient (Wildman–Crippen LogP) is 37.3. The van der Waals surface area contributed by atoms with Gasteiger partial charge >= 0.3 is 0 Å². The first kappa shape index (κ1) is 83.4. The Morgan fingerprint density at radius 1 is 0.160 bits per heavy atom. The monoisotopic (exact) mass is 1860 g/mol. The van der Waals surface area contributed by atoms with Gasteiger partial charge in [-0.25, -0.2) is 0 Å². The Kier molecular flexibility index (Phi) is 18.8. The number of nitrogens with zero attached hydrogens (tertiary/aromatic N) is 3. The van der Waals surface area contributed by atoms with Gasteiger partial charge in [-0.2, -0.15) is 0 Å². The fourth-order valence-corrected chi connectivity index (χ4v) is 33.1. The van der Waals surface area contributed by atoms with Crippen LogP contribution >= 0.6 is 0 Å². The Balaban J connectivity index is 0.0000000986. The summed E-state index contributed by atoms with van der Waals surface area (Å²) in [4.78, 5) is 7.29. The highest BCUT2D eigenvalue weighted by Gasteiger charge is 2.65. The van der Waals surface area contributed by atoms with Crippen LogP contribution in [0.25, 0.3) is 133 Å². The number of hydrogen-bond acceptors (Lipinski definition) is 6. The molecule has 0 amide bonds. The normalized spacial score (nSPS) is 24.8. The molecule has 36 rings (SSSR count). The summed E-state index contributed by atoms with van der Waals surface area (Å²) < 4.78 is 18.7. The van der Waals surface area contributed by atoms with Crippen LogP contribution in [0.2, 0.25) is 0 Å². The summed E-state index contributed by atoms with van der Waals surface area (Å²) in [5.74, 6) is 10.4. The standard InChI is InChI=1S/3C46H37NO/c1-2-9-34(10-3-1)47(35-19-17-31(18-20-35)37-13-8-14-40-39-12-5-7-16-44(39)48-45(37)40)36-21-22-43-41(28-36)38-11-4-6-15-42(38)46(43)32-24-29-23-30(26-32)27-33(46)25-29;1-2-8-35(9-3-1)47(36-17-14-31(15-18-36)32-16-21-45-41(27-32)39-11-5-7-13-44(39)48-45)37-19-20-43-40(28-37)38-10-4-6-12-42(38)46(43)33-23-29-22-30(25-33)26-34(46)24-29;1-2-8-35(9-3-1)47(36-17-14-31(15-18-36)32-16-20-40-39-11-5-7-13-44(39)48-45(40)27-32)37-19-21-43-41(28-37)38-10-4-6-12-42(38)46(43)33-23-29-22-30(25-33)26-34(46)24-29/h1-22,28-30,32-33H,23-27H2;2*1-21,27-30,33-34H,22-26H2. The molecule has 144 heavy (non-hydrogen) atoms. The molecule has 0 N–H and O–H groups in total. The van der Waals surface area contributed by atoms with Gasteiger partial charge in [-0.3, -0.25) is 0 Å². The number of anilines is 9. The zero-order valence-electron chi connectivity index (χ0n) is 80.9. The summed E-state index contributed by atoms with van der Waals surface area (Å²) in [5, 5.41) is 6.97. The summed E-state index contributed by atoms with van der Waals surface area (Å²) in [6.45, 7) is 0. The van der Waals surface area contributed by atoms with Gasteiger partial charge in [0.15, 0.2) is 0 Å². The van der Waals surface area contributed by atoms with Crippen LogP contribution in [0.15, 0.2) is 432 Å². The van der Waals surface area contributed by atoms with Crippen LogP contribution in [0.1, 0.15) is 130 Å². The maximum absolute atomic E-state index is 6.40. The van der Waals surface area contributed by atoms with Crippen LogP contribution in [-0.4, -0.2) is 0 Å². The summed E-state index contributed by atoms with van der Waals surface area (Å²) in [5.41, 5.74) is 42.2. The zero-order valence-corrected chi connectivity index (χ0v) is 80.9. The number of hydrogen-bond donors (Lipinski definition) is 0. The summed E-state index contributed by atoms with van der Waals surface area (Å²) in [7, 11) is 0. The van der Waals surface area contributed by atoms with E-state index in [2.05, 4.69) is 403 Å². The molecule has 696 valence electrons. The van der Waals surface area contributed by atoms with E-state index in [-0.39, 0.29) is 16.2 Å². The average molecular weight is 1860 g/mol. The quantitative estimate of drug-likeness (QED) is 0.121. The van der Waals surface area contributed by atoms with E-state index in [1.165, 1.54) is 186 Å². The van der Waals surface area contributed by atoms with Crippen molar-refractivity contribution >= 4 is 117 Å². The highest BCUT2D eigenvalue weighted by molar-refractivity contribution is 6.11. The van der Waals surface area contributed by atoms with E-state index in [9.17, 15) is 0 Å². The third-order valence-corrected chi connectivity index (χ3v) is 37.9. The van der Waals surface area contributed by atoms with Crippen molar-refractivity contribution in [3.63, 3.8) is 0 Å². The lowest BCUT2D eigenvalue weighted by atomic mass is 9.43. The second-order valence-corrected chi connectivity index (χ2v) is 44.9. The molecule has 15 aliphatic carbocycles. The Hall–Kier alpha value is -15.2. The van der Waals surface area contributed by atoms with Crippen molar-refractivity contribution in [3.8, 4) is 66.8 Å². The van der Waals surface area contributed by atoms with E-state index in [1.807, 2.05) is 30.3 Å². The van der Waals surface area contributed by atoms with Crippen LogP contribution in [-0.2, 0) is 16.2 Å². The highest BCUT2D eigenvalue weighted by Crippen LogP contribution is 2.74. The molecular formula is C138H111N3O3. The first-order valence-corrected chi connectivity index (χ1v) is 53.6. The molecule has 0 atom stereocenters. The lowest BCUT2D eigenvalue weighted by Crippen LogP contribution is -2.55. The molecule has 18 aromatic carbocycles. The Morgan fingerprint density at radius 2 is 0.431 bits per heavy atom. The van der Waals surface area contributed by atoms with E-state index in [0.29, 0.717) is 0 Å². The summed E-state index contributed by atoms with van der Waals surface area (Å²) >= 11 is 0. The summed E-state index contributed by atoms with van der Waals surface area (Å²) in [6, 6.07) is 155. The zero-order chi connectivity index (χ0) is 94.2. The molecule has 6 heteroatoms. The second kappa shape index (κ2) is 32.4. The Bertz CT molecular complexity index is 8600. The van der Waals surface area contributed by atoms with Crippen LogP contribution in [0, 0.1) is 71.0 Å². The smallest absolute Gasteiger partial charge is 0.143 e. The van der Waals surface area contributed by atoms with E-state index in [4.69, 9.17) is 13.3 Å². The molecule has 12 fully saturated rings. The molecule has 0 radical (unpaired) electrons. The first-order chi connectivity index (χ1) is 71.2. The average Bonchev–Trinajstić information content (AvgIpc) is 1.51. The fourth-order valence-electron chi connectivity index (χ4n) is 33.1. The Labute approximate surface area is 841 Å². The lowest BCUT2D eigenvalue weighted by molar-refractivity contribution is -0.0399. The van der Waals surface area contributed by atoms with Crippen LogP contribution in [0.5, 0.6) is 0 Å². The minimum Gasteiger partial charge on any atom is -0.456 e. The van der Waals surface area contributed by atoms with Crippen molar-refractivity contribution in [1.29, 1.82) is 0 Å². The SMILES string of the molecule is c1ccc(N(c2ccc(-c3ccc4c(c3)oc3ccccc34)cc2)c2ccc3c(c2)-c2ccccc2C32C3CC4CC(C3)CC2C4)cc1.c1ccc(N(c2ccc(-c3ccc4oc5ccccc5c4c3)cc2)c2ccc3c(c2)-c2ccccc2C32C3CC4CC(C3)CC2C4)cc1.c1ccc(N(c2ccc(-c3cccc4c3oc3ccccc34)cc2)c2ccc3c(c2)-c2ccccc2C32C3CC4CC(C3)CC2C4)cc1. The molecule has 3 aromatic heterocycles. The van der Waals surface area contributed by atoms with Crippen molar-refractivity contribution in [1.82, 2.24) is 0 Å². The van der Waals surface area contributed by atoms with Gasteiger partial charge in [0, 0.05) is 105 Å². The van der Waals surface area contributed by atoms with Gasteiger partial charge in [0.05, 0.1) is 0 Å². The van der Waals surface area contributed by atoms with Crippen molar-refractivity contribution in [2.24, 2.45) is 71.0 Å². The third-order valence-electron chi connectivity index (χ3n) is 37.9. The van der Waals surface area contributed by atoms with Crippen molar-refractivity contribution in [3.05, 3.63) is 452 Å². The topological polar surface area (TPSA) is 49.1 Å². The van der Waals surface area contributed by atoms with Crippen LogP contribution in [0.4, 0.5) is 51.2 Å². The molecule has 15 aliphatic rings. The molecule has 21 aromatic rings. The minimum absolute atomic E-state index is 0.189. The number of furan rings is 3. The maximum Gasteiger partial charge on any atom is 0.143 e. The Morgan fingerprint density at radius 3 is 0.833 bits per heavy atom. The maximum atomic E-state index is 6.40. The lowest BCUT2D eigenvalue weighted by Gasteiger charge is -2.61. The number of fused-ring (bicyclic) bond motifs is 18.